The highest BCUT2D eigenvalue weighted by atomic mass is 79.9. The molecule has 2 aromatic rings. The number of benzene rings is 2. The number of ketones is 2. The molecular weight excluding hydrogens is 461 g/mol. The summed E-state index contributed by atoms with van der Waals surface area (Å²) in [6, 6.07) is 8.49. The van der Waals surface area contributed by atoms with E-state index in [0.717, 1.165) is 6.07 Å². The normalized spacial score (nSPS) is 10.3. The molecule has 30 heavy (non-hydrogen) atoms. The van der Waals surface area contributed by atoms with Crippen LogP contribution in [0.3, 0.4) is 0 Å². The van der Waals surface area contributed by atoms with Gasteiger partial charge in [-0.05, 0) is 36.4 Å². The zero-order valence-corrected chi connectivity index (χ0v) is 17.9. The summed E-state index contributed by atoms with van der Waals surface area (Å²) >= 11 is 3.27. The minimum atomic E-state index is -0.848. The highest BCUT2D eigenvalue weighted by Gasteiger charge is 2.18. The standard InChI is InChI=1S/C21H19BrFNO6/c1-12(25)24-14-4-5-15(17(23)10-14)19(27)11-30-21(28)8-6-18(26)16-9-13(22)3-7-20(16)29-2/h3-5,7,9-10H,6,8,11H2,1-2H3,(H,24,25). The molecule has 0 aliphatic heterocycles. The van der Waals surface area contributed by atoms with Crippen molar-refractivity contribution >= 4 is 45.1 Å². The van der Waals surface area contributed by atoms with Crippen molar-refractivity contribution in [1.82, 2.24) is 0 Å². The Kier molecular flexibility index (Phi) is 8.23. The highest BCUT2D eigenvalue weighted by Crippen LogP contribution is 2.24. The van der Waals surface area contributed by atoms with Crippen LogP contribution >= 0.6 is 15.9 Å². The predicted octanol–water partition coefficient (Wildman–Crippen LogP) is 3.94. The van der Waals surface area contributed by atoms with Gasteiger partial charge in [-0.1, -0.05) is 15.9 Å². The summed E-state index contributed by atoms with van der Waals surface area (Å²) in [5.41, 5.74) is 0.249. The third-order valence-corrected chi connectivity index (χ3v) is 4.47. The van der Waals surface area contributed by atoms with Crippen LogP contribution in [0, 0.1) is 5.82 Å². The average molecular weight is 480 g/mol. The summed E-state index contributed by atoms with van der Waals surface area (Å²) in [5.74, 6) is -2.67. The summed E-state index contributed by atoms with van der Waals surface area (Å²) < 4.78 is 24.7. The number of nitrogens with one attached hydrogen (secondary N) is 1. The van der Waals surface area contributed by atoms with Gasteiger partial charge in [0.25, 0.3) is 0 Å². The van der Waals surface area contributed by atoms with Gasteiger partial charge in [0.2, 0.25) is 11.7 Å². The predicted molar refractivity (Wildman–Crippen MR) is 110 cm³/mol. The van der Waals surface area contributed by atoms with Gasteiger partial charge in [0.1, 0.15) is 11.6 Å². The maximum Gasteiger partial charge on any atom is 0.306 e. The molecule has 0 aromatic heterocycles. The van der Waals surface area contributed by atoms with E-state index in [-0.39, 0.29) is 35.8 Å². The van der Waals surface area contributed by atoms with Gasteiger partial charge in [-0.3, -0.25) is 19.2 Å². The monoisotopic (exact) mass is 479 g/mol. The van der Waals surface area contributed by atoms with Crippen molar-refractivity contribution in [1.29, 1.82) is 0 Å². The van der Waals surface area contributed by atoms with Crippen LogP contribution in [0.5, 0.6) is 5.75 Å². The number of methoxy groups -OCH3 is 1. The summed E-state index contributed by atoms with van der Waals surface area (Å²) in [6.45, 7) is 0.609. The van der Waals surface area contributed by atoms with Crippen LogP contribution in [0.2, 0.25) is 0 Å². The van der Waals surface area contributed by atoms with Crippen LogP contribution in [-0.2, 0) is 14.3 Å². The Labute approximate surface area is 180 Å². The molecule has 0 saturated heterocycles. The number of hydrogen-bond acceptors (Lipinski definition) is 6. The van der Waals surface area contributed by atoms with Gasteiger partial charge in [0.15, 0.2) is 12.4 Å². The van der Waals surface area contributed by atoms with E-state index in [4.69, 9.17) is 9.47 Å². The van der Waals surface area contributed by atoms with E-state index in [9.17, 15) is 23.6 Å². The van der Waals surface area contributed by atoms with E-state index in [1.807, 2.05) is 0 Å². The smallest absolute Gasteiger partial charge is 0.306 e. The minimum absolute atomic E-state index is 0.139. The van der Waals surface area contributed by atoms with Gasteiger partial charge in [-0.15, -0.1) is 0 Å². The molecule has 0 fully saturated rings. The Balaban J connectivity index is 1.89. The summed E-state index contributed by atoms with van der Waals surface area (Å²) in [7, 11) is 1.43. The number of carbonyl (C=O) groups is 4. The van der Waals surface area contributed by atoms with Crippen molar-refractivity contribution in [2.24, 2.45) is 0 Å². The number of carbonyl (C=O) groups excluding carboxylic acids is 4. The molecule has 0 unspecified atom stereocenters. The first kappa shape index (κ1) is 23.2. The molecule has 9 heteroatoms. The molecule has 0 atom stereocenters. The summed E-state index contributed by atoms with van der Waals surface area (Å²) in [4.78, 5) is 47.3. The van der Waals surface area contributed by atoms with Crippen molar-refractivity contribution in [3.8, 4) is 5.75 Å². The van der Waals surface area contributed by atoms with Crippen molar-refractivity contribution < 1.29 is 33.0 Å². The number of ether oxygens (including phenoxy) is 2. The van der Waals surface area contributed by atoms with Gasteiger partial charge in [-0.2, -0.15) is 0 Å². The number of esters is 1. The maximum atomic E-state index is 14.0. The molecule has 0 spiro atoms. The molecule has 0 radical (unpaired) electrons. The molecule has 0 bridgehead atoms. The number of anilines is 1. The van der Waals surface area contributed by atoms with E-state index in [2.05, 4.69) is 21.2 Å². The Morgan fingerprint density at radius 3 is 2.37 bits per heavy atom. The third-order valence-electron chi connectivity index (χ3n) is 3.97. The van der Waals surface area contributed by atoms with Gasteiger partial charge in [0, 0.05) is 23.5 Å². The van der Waals surface area contributed by atoms with Crippen LogP contribution in [0.4, 0.5) is 10.1 Å². The maximum absolute atomic E-state index is 14.0. The second-order valence-electron chi connectivity index (χ2n) is 6.23. The Morgan fingerprint density at radius 2 is 1.73 bits per heavy atom. The van der Waals surface area contributed by atoms with E-state index >= 15 is 0 Å². The lowest BCUT2D eigenvalue weighted by Gasteiger charge is -2.09. The molecule has 7 nitrogen and oxygen atoms in total. The lowest BCUT2D eigenvalue weighted by atomic mass is 10.1. The van der Waals surface area contributed by atoms with Crippen LogP contribution in [-0.4, -0.2) is 37.2 Å². The van der Waals surface area contributed by atoms with Crippen molar-refractivity contribution in [2.75, 3.05) is 19.0 Å². The second-order valence-corrected chi connectivity index (χ2v) is 7.14. The van der Waals surface area contributed by atoms with E-state index in [1.54, 1.807) is 18.2 Å². The first-order chi connectivity index (χ1) is 14.2. The summed E-state index contributed by atoms with van der Waals surface area (Å²) in [6.07, 6.45) is -0.384. The Hall–Kier alpha value is -3.07. The van der Waals surface area contributed by atoms with Crippen LogP contribution in [0.1, 0.15) is 40.5 Å². The summed E-state index contributed by atoms with van der Waals surface area (Å²) in [5, 5.41) is 2.39. The number of hydrogen-bond donors (Lipinski definition) is 1. The molecule has 0 aliphatic rings. The zero-order valence-electron chi connectivity index (χ0n) is 16.3. The third kappa shape index (κ3) is 6.48. The number of amides is 1. The Morgan fingerprint density at radius 1 is 1.00 bits per heavy atom. The van der Waals surface area contributed by atoms with Crippen LogP contribution in [0.25, 0.3) is 0 Å². The van der Waals surface area contributed by atoms with E-state index in [0.29, 0.717) is 15.8 Å². The largest absolute Gasteiger partial charge is 0.496 e. The fourth-order valence-electron chi connectivity index (χ4n) is 2.57. The fourth-order valence-corrected chi connectivity index (χ4v) is 2.93. The topological polar surface area (TPSA) is 98.8 Å². The van der Waals surface area contributed by atoms with Crippen LogP contribution in [0.15, 0.2) is 40.9 Å². The van der Waals surface area contributed by atoms with Gasteiger partial charge < -0.3 is 14.8 Å². The van der Waals surface area contributed by atoms with Gasteiger partial charge in [0.05, 0.1) is 24.7 Å². The average Bonchev–Trinajstić information content (AvgIpc) is 2.69. The fraction of sp³-hybridized carbons (Fsp3) is 0.238. The van der Waals surface area contributed by atoms with Crippen LogP contribution < -0.4 is 10.1 Å². The van der Waals surface area contributed by atoms with E-state index < -0.39 is 24.2 Å². The lowest BCUT2D eigenvalue weighted by Crippen LogP contribution is -2.16. The Bertz CT molecular complexity index is 991. The molecule has 1 N–H and O–H groups in total. The second kappa shape index (κ2) is 10.6. The zero-order chi connectivity index (χ0) is 22.3. The molecule has 2 rings (SSSR count). The minimum Gasteiger partial charge on any atom is -0.496 e. The quantitative estimate of drug-likeness (QED) is 0.431. The first-order valence-corrected chi connectivity index (χ1v) is 9.63. The molecular formula is C21H19BrFNO6. The van der Waals surface area contributed by atoms with E-state index in [1.165, 1.54) is 26.2 Å². The molecule has 158 valence electrons. The number of rotatable bonds is 9. The molecule has 0 heterocycles. The highest BCUT2D eigenvalue weighted by molar-refractivity contribution is 9.10. The van der Waals surface area contributed by atoms with Gasteiger partial charge >= 0.3 is 5.97 Å². The number of Topliss-reactive ketones (excluding diaryl/α,β-unsaturated/α-hetero) is 2. The molecule has 1 amide bonds. The lowest BCUT2D eigenvalue weighted by molar-refractivity contribution is -0.142. The van der Waals surface area contributed by atoms with Crippen molar-refractivity contribution in [3.05, 3.63) is 57.8 Å². The van der Waals surface area contributed by atoms with Gasteiger partial charge in [-0.25, -0.2) is 4.39 Å². The van der Waals surface area contributed by atoms with Crippen molar-refractivity contribution in [2.45, 2.75) is 19.8 Å². The first-order valence-electron chi connectivity index (χ1n) is 8.84. The molecule has 2 aromatic carbocycles. The molecule has 0 aliphatic carbocycles. The van der Waals surface area contributed by atoms with Crippen molar-refractivity contribution in [3.63, 3.8) is 0 Å². The number of halogens is 2. The molecule has 0 saturated carbocycles. The SMILES string of the molecule is COc1ccc(Br)cc1C(=O)CCC(=O)OCC(=O)c1ccc(NC(C)=O)cc1F.